The summed E-state index contributed by atoms with van der Waals surface area (Å²) in [4.78, 5) is 15.7. The second-order valence-electron chi connectivity index (χ2n) is 3.62. The van der Waals surface area contributed by atoms with Crippen LogP contribution in [0.25, 0.3) is 0 Å². The van der Waals surface area contributed by atoms with Gasteiger partial charge in [0.2, 0.25) is 5.13 Å². The van der Waals surface area contributed by atoms with Crippen molar-refractivity contribution in [2.75, 3.05) is 19.5 Å². The SMILES string of the molecule is CC[C@H](C)[C@H](Nc1nc(OC)ns1)C(=O)OC. The van der Waals surface area contributed by atoms with E-state index in [1.54, 1.807) is 0 Å². The molecule has 0 amide bonds. The first-order valence-electron chi connectivity index (χ1n) is 5.34. The molecule has 1 aromatic rings. The fraction of sp³-hybridized carbons (Fsp3) is 0.700. The molecule has 0 saturated carbocycles. The van der Waals surface area contributed by atoms with E-state index in [1.165, 1.54) is 14.2 Å². The van der Waals surface area contributed by atoms with Crippen LogP contribution in [0.5, 0.6) is 6.01 Å². The molecule has 6 nitrogen and oxygen atoms in total. The lowest BCUT2D eigenvalue weighted by Crippen LogP contribution is -2.36. The van der Waals surface area contributed by atoms with Gasteiger partial charge in [0.1, 0.15) is 6.04 Å². The number of methoxy groups -OCH3 is 2. The summed E-state index contributed by atoms with van der Waals surface area (Å²) in [5.74, 6) is -0.147. The van der Waals surface area contributed by atoms with Crippen LogP contribution in [0.2, 0.25) is 0 Å². The zero-order valence-electron chi connectivity index (χ0n) is 10.4. The van der Waals surface area contributed by atoms with Crippen LogP contribution in [0.3, 0.4) is 0 Å². The first-order valence-corrected chi connectivity index (χ1v) is 6.11. The predicted octanol–water partition coefficient (Wildman–Crippen LogP) is 1.55. The van der Waals surface area contributed by atoms with Gasteiger partial charge >= 0.3 is 12.0 Å². The van der Waals surface area contributed by atoms with Crippen LogP contribution in [-0.4, -0.2) is 35.6 Å². The minimum Gasteiger partial charge on any atom is -0.467 e. The molecule has 17 heavy (non-hydrogen) atoms. The summed E-state index contributed by atoms with van der Waals surface area (Å²) < 4.78 is 13.6. The predicted molar refractivity (Wildman–Crippen MR) is 65.3 cm³/mol. The van der Waals surface area contributed by atoms with Crippen LogP contribution < -0.4 is 10.1 Å². The van der Waals surface area contributed by atoms with E-state index in [9.17, 15) is 4.79 Å². The van der Waals surface area contributed by atoms with Crippen molar-refractivity contribution in [3.8, 4) is 6.01 Å². The Morgan fingerprint density at radius 1 is 1.53 bits per heavy atom. The minimum absolute atomic E-state index is 0.150. The number of ether oxygens (including phenoxy) is 2. The van der Waals surface area contributed by atoms with E-state index in [1.807, 2.05) is 13.8 Å². The highest BCUT2D eigenvalue weighted by Crippen LogP contribution is 2.20. The molecule has 1 N–H and O–H groups in total. The molecule has 0 aliphatic carbocycles. The van der Waals surface area contributed by atoms with Gasteiger partial charge in [-0.2, -0.15) is 4.98 Å². The molecule has 0 fully saturated rings. The third-order valence-electron chi connectivity index (χ3n) is 2.54. The van der Waals surface area contributed by atoms with E-state index >= 15 is 0 Å². The molecule has 0 aromatic carbocycles. The fourth-order valence-electron chi connectivity index (χ4n) is 1.28. The van der Waals surface area contributed by atoms with Crippen LogP contribution in [0, 0.1) is 5.92 Å². The van der Waals surface area contributed by atoms with Gasteiger partial charge in [-0.3, -0.25) is 0 Å². The maximum atomic E-state index is 11.6. The molecule has 0 unspecified atom stereocenters. The molecule has 7 heteroatoms. The van der Waals surface area contributed by atoms with Crippen molar-refractivity contribution in [3.05, 3.63) is 0 Å². The van der Waals surface area contributed by atoms with Gasteiger partial charge in [0.25, 0.3) is 0 Å². The second kappa shape index (κ2) is 6.39. The first-order chi connectivity index (χ1) is 8.12. The van der Waals surface area contributed by atoms with Crippen LogP contribution in [0.1, 0.15) is 20.3 Å². The number of nitrogens with one attached hydrogen (secondary N) is 1. The lowest BCUT2D eigenvalue weighted by atomic mass is 9.99. The molecule has 2 atom stereocenters. The number of rotatable bonds is 6. The van der Waals surface area contributed by atoms with E-state index in [-0.39, 0.29) is 11.9 Å². The van der Waals surface area contributed by atoms with E-state index in [0.29, 0.717) is 11.1 Å². The lowest BCUT2D eigenvalue weighted by Gasteiger charge is -2.20. The van der Waals surface area contributed by atoms with E-state index < -0.39 is 6.04 Å². The number of hydrogen-bond acceptors (Lipinski definition) is 7. The summed E-state index contributed by atoms with van der Waals surface area (Å²) in [6.07, 6.45) is 0.864. The van der Waals surface area contributed by atoms with Gasteiger partial charge in [0.15, 0.2) is 0 Å². The minimum atomic E-state index is -0.414. The summed E-state index contributed by atoms with van der Waals surface area (Å²) in [5.41, 5.74) is 0. The molecular weight excluding hydrogens is 242 g/mol. The highest BCUT2D eigenvalue weighted by Gasteiger charge is 2.25. The smallest absolute Gasteiger partial charge is 0.329 e. The van der Waals surface area contributed by atoms with Crippen molar-refractivity contribution in [1.29, 1.82) is 0 Å². The van der Waals surface area contributed by atoms with Gasteiger partial charge in [0.05, 0.1) is 14.2 Å². The van der Waals surface area contributed by atoms with Gasteiger partial charge in [-0.25, -0.2) is 4.79 Å². The molecule has 0 aliphatic heterocycles. The molecule has 0 spiro atoms. The number of carbonyl (C=O) groups is 1. The zero-order valence-corrected chi connectivity index (χ0v) is 11.2. The monoisotopic (exact) mass is 259 g/mol. The Morgan fingerprint density at radius 2 is 2.24 bits per heavy atom. The number of hydrogen-bond donors (Lipinski definition) is 1. The summed E-state index contributed by atoms with van der Waals surface area (Å²) in [5, 5.41) is 3.58. The standard InChI is InChI=1S/C10H17N3O3S/c1-5-6(2)7(8(14)15-3)11-10-12-9(16-4)13-17-10/h6-7H,5H2,1-4H3,(H,11,12,13)/t6-,7-/m0/s1. The number of carbonyl (C=O) groups excluding carboxylic acids is 1. The van der Waals surface area contributed by atoms with E-state index in [4.69, 9.17) is 9.47 Å². The number of nitrogens with zero attached hydrogens (tertiary/aromatic N) is 2. The van der Waals surface area contributed by atoms with Crippen molar-refractivity contribution < 1.29 is 14.3 Å². The topological polar surface area (TPSA) is 73.3 Å². The normalized spacial score (nSPS) is 13.9. The fourth-order valence-corrected chi connectivity index (χ4v) is 1.86. The van der Waals surface area contributed by atoms with Crippen molar-refractivity contribution in [1.82, 2.24) is 9.36 Å². The van der Waals surface area contributed by atoms with Crippen molar-refractivity contribution in [3.63, 3.8) is 0 Å². The van der Waals surface area contributed by atoms with Crippen LogP contribution >= 0.6 is 11.5 Å². The Balaban J connectivity index is 2.75. The Kier molecular flexibility index (Phi) is 5.14. The molecule has 0 saturated heterocycles. The van der Waals surface area contributed by atoms with Crippen molar-refractivity contribution in [2.24, 2.45) is 5.92 Å². The number of aromatic nitrogens is 2. The Labute approximate surface area is 105 Å². The molecule has 0 aliphatic rings. The quantitative estimate of drug-likeness (QED) is 0.781. The molecule has 0 bridgehead atoms. The Morgan fingerprint density at radius 3 is 2.71 bits per heavy atom. The lowest BCUT2D eigenvalue weighted by molar-refractivity contribution is -0.142. The number of esters is 1. The average molecular weight is 259 g/mol. The van der Waals surface area contributed by atoms with Crippen LogP contribution in [-0.2, 0) is 9.53 Å². The van der Waals surface area contributed by atoms with Gasteiger partial charge in [0, 0.05) is 11.5 Å². The Bertz CT molecular complexity index is 369. The maximum Gasteiger partial charge on any atom is 0.329 e. The molecule has 1 heterocycles. The van der Waals surface area contributed by atoms with Gasteiger partial charge in [-0.15, -0.1) is 4.37 Å². The molecule has 1 aromatic heterocycles. The molecular formula is C10H17N3O3S. The van der Waals surface area contributed by atoms with Crippen LogP contribution in [0.15, 0.2) is 0 Å². The third-order valence-corrected chi connectivity index (χ3v) is 3.17. The van der Waals surface area contributed by atoms with Crippen molar-refractivity contribution >= 4 is 22.6 Å². The molecule has 96 valence electrons. The Hall–Kier alpha value is -1.37. The molecule has 1 rings (SSSR count). The van der Waals surface area contributed by atoms with E-state index in [2.05, 4.69) is 14.7 Å². The maximum absolute atomic E-state index is 11.6. The highest BCUT2D eigenvalue weighted by molar-refractivity contribution is 7.09. The van der Waals surface area contributed by atoms with Gasteiger partial charge in [-0.1, -0.05) is 20.3 Å². The molecule has 0 radical (unpaired) electrons. The van der Waals surface area contributed by atoms with E-state index in [0.717, 1.165) is 18.0 Å². The zero-order chi connectivity index (χ0) is 12.8. The first kappa shape index (κ1) is 13.7. The average Bonchev–Trinajstić information content (AvgIpc) is 2.81. The summed E-state index contributed by atoms with van der Waals surface area (Å²) in [7, 11) is 2.87. The third kappa shape index (κ3) is 3.55. The summed E-state index contributed by atoms with van der Waals surface area (Å²) in [6, 6.07) is -0.118. The number of anilines is 1. The van der Waals surface area contributed by atoms with Crippen molar-refractivity contribution in [2.45, 2.75) is 26.3 Å². The van der Waals surface area contributed by atoms with Gasteiger partial charge < -0.3 is 14.8 Å². The second-order valence-corrected chi connectivity index (χ2v) is 4.37. The van der Waals surface area contributed by atoms with Crippen LogP contribution in [0.4, 0.5) is 5.13 Å². The largest absolute Gasteiger partial charge is 0.467 e. The summed E-state index contributed by atoms with van der Waals surface area (Å²) >= 11 is 1.15. The van der Waals surface area contributed by atoms with Gasteiger partial charge in [-0.05, 0) is 5.92 Å². The summed E-state index contributed by atoms with van der Waals surface area (Å²) in [6.45, 7) is 4.00. The highest BCUT2D eigenvalue weighted by atomic mass is 32.1.